The predicted octanol–water partition coefficient (Wildman–Crippen LogP) is 5.07. The van der Waals surface area contributed by atoms with E-state index in [0.717, 1.165) is 30.2 Å². The molecule has 0 fully saturated rings. The molecule has 1 aromatic carbocycles. The monoisotopic (exact) mass is 413 g/mol. The number of thiophene rings is 1. The lowest BCUT2D eigenvalue weighted by atomic mass is 10.2. The standard InChI is InChI=1S/C19H15N3O2S3/c1-2-24-16(23)8-13-10-25-19(22-13)27-18-14-9-15(12-6-4-3-5-7-12)26-17(14)20-11-21-18/h3-7,9-11H,2,8H2,1H3. The lowest BCUT2D eigenvalue weighted by Crippen LogP contribution is -2.07. The number of esters is 1. The Kier molecular flexibility index (Phi) is 5.47. The Hall–Kier alpha value is -2.29. The average Bonchev–Trinajstić information content (AvgIpc) is 3.30. The van der Waals surface area contributed by atoms with Gasteiger partial charge in [-0.1, -0.05) is 30.3 Å². The zero-order chi connectivity index (χ0) is 18.6. The first-order valence-electron chi connectivity index (χ1n) is 8.30. The van der Waals surface area contributed by atoms with Gasteiger partial charge in [0.1, 0.15) is 16.2 Å². The summed E-state index contributed by atoms with van der Waals surface area (Å²) >= 11 is 4.65. The molecular formula is C19H15N3O2S3. The molecule has 4 rings (SSSR count). The number of carbonyl (C=O) groups excluding carboxylic acids is 1. The molecule has 0 unspecified atom stereocenters. The predicted molar refractivity (Wildman–Crippen MR) is 109 cm³/mol. The molecule has 27 heavy (non-hydrogen) atoms. The van der Waals surface area contributed by atoms with Crippen molar-refractivity contribution in [2.24, 2.45) is 0 Å². The summed E-state index contributed by atoms with van der Waals surface area (Å²) in [5.41, 5.74) is 1.89. The van der Waals surface area contributed by atoms with E-state index < -0.39 is 0 Å². The topological polar surface area (TPSA) is 65.0 Å². The maximum atomic E-state index is 11.6. The molecule has 3 aromatic heterocycles. The van der Waals surface area contributed by atoms with E-state index in [2.05, 4.69) is 33.2 Å². The van der Waals surface area contributed by atoms with Gasteiger partial charge >= 0.3 is 5.97 Å². The first kappa shape index (κ1) is 18.1. The number of aromatic nitrogens is 3. The van der Waals surface area contributed by atoms with Crippen LogP contribution in [0.5, 0.6) is 0 Å². The van der Waals surface area contributed by atoms with Gasteiger partial charge in [0.15, 0.2) is 4.34 Å². The van der Waals surface area contributed by atoms with E-state index in [1.54, 1.807) is 24.6 Å². The van der Waals surface area contributed by atoms with Gasteiger partial charge in [0, 0.05) is 15.6 Å². The molecule has 0 bridgehead atoms. The molecule has 0 saturated heterocycles. The number of carbonyl (C=O) groups is 1. The van der Waals surface area contributed by atoms with Gasteiger partial charge < -0.3 is 4.74 Å². The number of fused-ring (bicyclic) bond motifs is 1. The number of hydrogen-bond donors (Lipinski definition) is 0. The van der Waals surface area contributed by atoms with Crippen LogP contribution in [0.3, 0.4) is 0 Å². The molecule has 136 valence electrons. The molecule has 0 aliphatic rings. The molecule has 0 amide bonds. The van der Waals surface area contributed by atoms with Gasteiger partial charge in [0.05, 0.1) is 18.7 Å². The van der Waals surface area contributed by atoms with Gasteiger partial charge in [0.25, 0.3) is 0 Å². The quantitative estimate of drug-likeness (QED) is 0.325. The smallest absolute Gasteiger partial charge is 0.311 e. The Balaban J connectivity index is 1.58. The van der Waals surface area contributed by atoms with Gasteiger partial charge in [-0.15, -0.1) is 22.7 Å². The summed E-state index contributed by atoms with van der Waals surface area (Å²) in [7, 11) is 0. The number of hydrogen-bond acceptors (Lipinski definition) is 8. The van der Waals surface area contributed by atoms with Crippen LogP contribution in [0.2, 0.25) is 0 Å². The second-order valence-electron chi connectivity index (χ2n) is 5.56. The van der Waals surface area contributed by atoms with Crippen LogP contribution < -0.4 is 0 Å². The molecule has 8 heteroatoms. The number of thiazole rings is 1. The van der Waals surface area contributed by atoms with Crippen molar-refractivity contribution in [3.63, 3.8) is 0 Å². The SMILES string of the molecule is CCOC(=O)Cc1csc(Sc2ncnc3sc(-c4ccccc4)cc23)n1. The first-order chi connectivity index (χ1) is 13.2. The Morgan fingerprint density at radius 2 is 2.07 bits per heavy atom. The molecule has 0 spiro atoms. The molecule has 3 heterocycles. The van der Waals surface area contributed by atoms with Crippen LogP contribution in [0.25, 0.3) is 20.7 Å². The zero-order valence-corrected chi connectivity index (χ0v) is 16.9. The van der Waals surface area contributed by atoms with Crippen LogP contribution >= 0.6 is 34.4 Å². The van der Waals surface area contributed by atoms with Crippen LogP contribution in [0.15, 0.2) is 57.5 Å². The minimum Gasteiger partial charge on any atom is -0.466 e. The largest absolute Gasteiger partial charge is 0.466 e. The summed E-state index contributed by atoms with van der Waals surface area (Å²) in [6.07, 6.45) is 1.78. The van der Waals surface area contributed by atoms with Crippen molar-refractivity contribution in [2.75, 3.05) is 6.61 Å². The third kappa shape index (κ3) is 4.18. The van der Waals surface area contributed by atoms with E-state index in [1.807, 2.05) is 23.6 Å². The highest BCUT2D eigenvalue weighted by Crippen LogP contribution is 2.38. The van der Waals surface area contributed by atoms with E-state index in [0.29, 0.717) is 6.61 Å². The summed E-state index contributed by atoms with van der Waals surface area (Å²) in [5, 5.41) is 3.78. The van der Waals surface area contributed by atoms with Crippen LogP contribution in [0.1, 0.15) is 12.6 Å². The Morgan fingerprint density at radius 1 is 1.22 bits per heavy atom. The second kappa shape index (κ2) is 8.16. The van der Waals surface area contributed by atoms with Crippen molar-refractivity contribution in [1.82, 2.24) is 15.0 Å². The van der Waals surface area contributed by atoms with E-state index in [4.69, 9.17) is 4.74 Å². The average molecular weight is 414 g/mol. The third-order valence-corrected chi connectivity index (χ3v) is 6.79. The summed E-state index contributed by atoms with van der Waals surface area (Å²) in [4.78, 5) is 27.1. The lowest BCUT2D eigenvalue weighted by Gasteiger charge is -1.99. The normalized spacial score (nSPS) is 11.0. The van der Waals surface area contributed by atoms with E-state index in [9.17, 15) is 4.79 Å². The van der Waals surface area contributed by atoms with Gasteiger partial charge in [-0.3, -0.25) is 4.79 Å². The maximum absolute atomic E-state index is 11.6. The highest BCUT2D eigenvalue weighted by atomic mass is 32.2. The Bertz CT molecular complexity index is 1080. The van der Waals surface area contributed by atoms with Crippen molar-refractivity contribution >= 4 is 50.6 Å². The third-order valence-electron chi connectivity index (χ3n) is 3.70. The Morgan fingerprint density at radius 3 is 2.89 bits per heavy atom. The van der Waals surface area contributed by atoms with E-state index >= 15 is 0 Å². The number of ether oxygens (including phenoxy) is 1. The molecule has 4 aromatic rings. The summed E-state index contributed by atoms with van der Waals surface area (Å²) < 4.78 is 5.82. The van der Waals surface area contributed by atoms with Gasteiger partial charge in [-0.2, -0.15) is 0 Å². The maximum Gasteiger partial charge on any atom is 0.311 e. The molecule has 5 nitrogen and oxygen atoms in total. The van der Waals surface area contributed by atoms with Crippen molar-refractivity contribution in [2.45, 2.75) is 22.7 Å². The molecule has 0 atom stereocenters. The van der Waals surface area contributed by atoms with Crippen LogP contribution in [0, 0.1) is 0 Å². The number of rotatable bonds is 6. The van der Waals surface area contributed by atoms with E-state index in [-0.39, 0.29) is 12.4 Å². The van der Waals surface area contributed by atoms with Gasteiger partial charge in [-0.05, 0) is 30.3 Å². The number of benzene rings is 1. The summed E-state index contributed by atoms with van der Waals surface area (Å²) in [6, 6.07) is 12.4. The van der Waals surface area contributed by atoms with Crippen molar-refractivity contribution < 1.29 is 9.53 Å². The summed E-state index contributed by atoms with van der Waals surface area (Å²) in [6.45, 7) is 2.18. The zero-order valence-electron chi connectivity index (χ0n) is 14.4. The van der Waals surface area contributed by atoms with Crippen molar-refractivity contribution in [3.8, 4) is 10.4 Å². The van der Waals surface area contributed by atoms with Gasteiger partial charge in [-0.25, -0.2) is 15.0 Å². The van der Waals surface area contributed by atoms with Crippen molar-refractivity contribution in [1.29, 1.82) is 0 Å². The van der Waals surface area contributed by atoms with Crippen LogP contribution in [-0.2, 0) is 16.0 Å². The molecule has 0 aliphatic heterocycles. The minimum atomic E-state index is -0.255. The number of nitrogens with zero attached hydrogens (tertiary/aromatic N) is 3. The first-order valence-corrected chi connectivity index (χ1v) is 10.8. The fraction of sp³-hybridized carbons (Fsp3) is 0.158. The lowest BCUT2D eigenvalue weighted by molar-refractivity contribution is -0.142. The molecule has 0 saturated carbocycles. The van der Waals surface area contributed by atoms with Crippen molar-refractivity contribution in [3.05, 3.63) is 53.8 Å². The summed E-state index contributed by atoms with van der Waals surface area (Å²) in [5.74, 6) is -0.255. The fourth-order valence-corrected chi connectivity index (χ4v) is 5.40. The molecule has 0 N–H and O–H groups in total. The second-order valence-corrected chi connectivity index (χ2v) is 8.69. The Labute approximate surface area is 168 Å². The molecular weight excluding hydrogens is 398 g/mol. The van der Waals surface area contributed by atoms with Crippen LogP contribution in [0.4, 0.5) is 0 Å². The van der Waals surface area contributed by atoms with E-state index in [1.165, 1.54) is 28.7 Å². The highest BCUT2D eigenvalue weighted by Gasteiger charge is 2.14. The van der Waals surface area contributed by atoms with Crippen LogP contribution in [-0.4, -0.2) is 27.5 Å². The minimum absolute atomic E-state index is 0.195. The molecule has 0 aliphatic carbocycles. The van der Waals surface area contributed by atoms with Gasteiger partial charge in [0.2, 0.25) is 0 Å². The molecule has 0 radical (unpaired) electrons. The fourth-order valence-electron chi connectivity index (χ4n) is 2.52. The highest BCUT2D eigenvalue weighted by molar-refractivity contribution is 8.01.